The van der Waals surface area contributed by atoms with E-state index in [0.29, 0.717) is 0 Å². The average Bonchev–Trinajstić information content (AvgIpc) is 2.37. The van der Waals surface area contributed by atoms with E-state index in [1.165, 1.54) is 0 Å². The Kier molecular flexibility index (Phi) is 4.09. The number of aliphatic carboxylic acids is 1. The van der Waals surface area contributed by atoms with E-state index in [9.17, 15) is 13.2 Å². The fourth-order valence-corrected chi connectivity index (χ4v) is 3.41. The summed E-state index contributed by atoms with van der Waals surface area (Å²) in [4.78, 5) is 10.7. The van der Waals surface area contributed by atoms with Crippen LogP contribution in [-0.2, 0) is 14.6 Å². The highest BCUT2D eigenvalue weighted by Crippen LogP contribution is 2.21. The smallest absolute Gasteiger partial charge is 0.303 e. The van der Waals surface area contributed by atoms with Crippen molar-refractivity contribution in [2.75, 3.05) is 5.75 Å². The minimum Gasteiger partial charge on any atom is -0.481 e. The second kappa shape index (κ2) is 5.63. The minimum absolute atomic E-state index is 0.129. The Labute approximate surface area is 118 Å². The Morgan fingerprint density at radius 3 is 2.45 bits per heavy atom. The number of sulfone groups is 1. The highest BCUT2D eigenvalue weighted by molar-refractivity contribution is 7.91. The van der Waals surface area contributed by atoms with Gasteiger partial charge in [-0.15, -0.1) is 0 Å². The maximum atomic E-state index is 12.1. The van der Waals surface area contributed by atoms with Gasteiger partial charge in [0.1, 0.15) is 0 Å². The van der Waals surface area contributed by atoms with Gasteiger partial charge in [-0.25, -0.2) is 8.42 Å². The molecule has 0 spiro atoms. The molecule has 0 aliphatic carbocycles. The number of carboxylic acids is 1. The van der Waals surface area contributed by atoms with E-state index in [1.807, 2.05) is 25.1 Å². The molecule has 0 bridgehead atoms. The van der Waals surface area contributed by atoms with E-state index in [1.54, 1.807) is 18.2 Å². The lowest BCUT2D eigenvalue weighted by Gasteiger charge is -2.06. The second-order valence-corrected chi connectivity index (χ2v) is 6.94. The maximum Gasteiger partial charge on any atom is 0.303 e. The van der Waals surface area contributed by atoms with Crippen molar-refractivity contribution in [2.24, 2.45) is 0 Å². The minimum atomic E-state index is -3.42. The average molecular weight is 292 g/mol. The van der Waals surface area contributed by atoms with E-state index in [0.717, 1.165) is 16.3 Å². The molecular formula is C15H16O4S. The molecule has 0 unspecified atom stereocenters. The Morgan fingerprint density at radius 2 is 1.75 bits per heavy atom. The topological polar surface area (TPSA) is 71.4 Å². The lowest BCUT2D eigenvalue weighted by Crippen LogP contribution is -2.08. The number of rotatable bonds is 5. The van der Waals surface area contributed by atoms with Gasteiger partial charge in [-0.3, -0.25) is 4.79 Å². The summed E-state index contributed by atoms with van der Waals surface area (Å²) >= 11 is 0. The molecule has 0 radical (unpaired) electrons. The molecule has 1 N–H and O–H groups in total. The molecule has 0 saturated carbocycles. The van der Waals surface area contributed by atoms with Crippen LogP contribution in [0.4, 0.5) is 0 Å². The van der Waals surface area contributed by atoms with E-state index in [4.69, 9.17) is 5.11 Å². The molecule has 0 fully saturated rings. The summed E-state index contributed by atoms with van der Waals surface area (Å²) in [5, 5.41) is 10.4. The van der Waals surface area contributed by atoms with Crippen LogP contribution in [0.5, 0.6) is 0 Å². The molecule has 2 aromatic rings. The number of aryl methyl sites for hydroxylation is 1. The maximum absolute atomic E-state index is 12.1. The largest absolute Gasteiger partial charge is 0.481 e. The van der Waals surface area contributed by atoms with Crippen molar-refractivity contribution in [2.45, 2.75) is 24.7 Å². The highest BCUT2D eigenvalue weighted by atomic mass is 32.2. The van der Waals surface area contributed by atoms with Gasteiger partial charge in [0, 0.05) is 6.42 Å². The Balaban J connectivity index is 2.27. The summed E-state index contributed by atoms with van der Waals surface area (Å²) in [5.74, 6) is -1.12. The highest BCUT2D eigenvalue weighted by Gasteiger charge is 2.15. The van der Waals surface area contributed by atoms with Crippen molar-refractivity contribution in [1.29, 1.82) is 0 Å². The Bertz CT molecular complexity index is 748. The SMILES string of the molecule is Cc1ccc2cc(S(=O)(=O)CCCC(=O)O)ccc2c1. The fraction of sp³-hybridized carbons (Fsp3) is 0.267. The number of carbonyl (C=O) groups is 1. The first-order chi connectivity index (χ1) is 9.38. The van der Waals surface area contributed by atoms with Gasteiger partial charge in [-0.05, 0) is 36.2 Å². The summed E-state index contributed by atoms with van der Waals surface area (Å²) in [6.07, 6.45) is -0.00436. The Hall–Kier alpha value is -1.88. The van der Waals surface area contributed by atoms with Crippen LogP contribution in [-0.4, -0.2) is 25.2 Å². The molecule has 106 valence electrons. The molecule has 20 heavy (non-hydrogen) atoms. The summed E-state index contributed by atoms with van der Waals surface area (Å²) in [6, 6.07) is 10.8. The van der Waals surface area contributed by atoms with E-state index < -0.39 is 15.8 Å². The lowest BCUT2D eigenvalue weighted by molar-refractivity contribution is -0.137. The first-order valence-electron chi connectivity index (χ1n) is 6.33. The van der Waals surface area contributed by atoms with Gasteiger partial charge in [0.05, 0.1) is 10.6 Å². The van der Waals surface area contributed by atoms with Crippen LogP contribution in [0, 0.1) is 6.92 Å². The van der Waals surface area contributed by atoms with Crippen molar-refractivity contribution in [1.82, 2.24) is 0 Å². The standard InChI is InChI=1S/C15H16O4S/c1-11-4-5-13-10-14(7-6-12(13)9-11)20(18,19)8-2-3-15(16)17/h4-7,9-10H,2-3,8H2,1H3,(H,16,17). The zero-order valence-corrected chi connectivity index (χ0v) is 12.0. The predicted molar refractivity (Wildman–Crippen MR) is 77.6 cm³/mol. The first kappa shape index (κ1) is 14.5. The number of fused-ring (bicyclic) bond motifs is 1. The molecule has 4 nitrogen and oxygen atoms in total. The number of carboxylic acid groups (broad SMARTS) is 1. The van der Waals surface area contributed by atoms with Crippen molar-refractivity contribution < 1.29 is 18.3 Å². The number of hydrogen-bond donors (Lipinski definition) is 1. The molecule has 5 heteroatoms. The molecule has 0 saturated heterocycles. The summed E-state index contributed by atoms with van der Waals surface area (Å²) in [5.41, 5.74) is 1.12. The predicted octanol–water partition coefficient (Wildman–Crippen LogP) is 2.79. The second-order valence-electron chi connectivity index (χ2n) is 4.83. The Morgan fingerprint density at radius 1 is 1.10 bits per heavy atom. The molecule has 0 amide bonds. The summed E-state index contributed by atoms with van der Waals surface area (Å²) in [6.45, 7) is 1.98. The van der Waals surface area contributed by atoms with E-state index in [-0.39, 0.29) is 23.5 Å². The van der Waals surface area contributed by atoms with Gasteiger partial charge < -0.3 is 5.11 Å². The monoisotopic (exact) mass is 292 g/mol. The first-order valence-corrected chi connectivity index (χ1v) is 7.99. The third-order valence-corrected chi connectivity index (χ3v) is 4.93. The molecule has 0 aromatic heterocycles. The molecule has 0 atom stereocenters. The van der Waals surface area contributed by atoms with E-state index >= 15 is 0 Å². The van der Waals surface area contributed by atoms with Crippen molar-refractivity contribution in [3.8, 4) is 0 Å². The quantitative estimate of drug-likeness (QED) is 0.919. The van der Waals surface area contributed by atoms with Gasteiger partial charge in [0.25, 0.3) is 0 Å². The molecular weight excluding hydrogens is 276 g/mol. The molecule has 0 aliphatic heterocycles. The third kappa shape index (κ3) is 3.36. The zero-order chi connectivity index (χ0) is 14.8. The third-order valence-electron chi connectivity index (χ3n) is 3.13. The van der Waals surface area contributed by atoms with Crippen LogP contribution in [0.25, 0.3) is 10.8 Å². The van der Waals surface area contributed by atoms with Gasteiger partial charge >= 0.3 is 5.97 Å². The van der Waals surface area contributed by atoms with Crippen molar-refractivity contribution in [3.63, 3.8) is 0 Å². The lowest BCUT2D eigenvalue weighted by atomic mass is 10.1. The van der Waals surface area contributed by atoms with Crippen LogP contribution in [0.2, 0.25) is 0 Å². The summed E-state index contributed by atoms with van der Waals surface area (Å²) in [7, 11) is -3.42. The normalized spacial score (nSPS) is 11.7. The molecule has 0 heterocycles. The van der Waals surface area contributed by atoms with E-state index in [2.05, 4.69) is 0 Å². The molecule has 2 aromatic carbocycles. The van der Waals surface area contributed by atoms with Gasteiger partial charge in [-0.2, -0.15) is 0 Å². The van der Waals surface area contributed by atoms with Crippen LogP contribution < -0.4 is 0 Å². The van der Waals surface area contributed by atoms with Gasteiger partial charge in [0.15, 0.2) is 9.84 Å². The molecule has 2 rings (SSSR count). The number of hydrogen-bond acceptors (Lipinski definition) is 3. The van der Waals surface area contributed by atoms with Crippen LogP contribution >= 0.6 is 0 Å². The fourth-order valence-electron chi connectivity index (χ4n) is 2.07. The van der Waals surface area contributed by atoms with Gasteiger partial charge in [-0.1, -0.05) is 29.8 Å². The van der Waals surface area contributed by atoms with Crippen molar-refractivity contribution >= 4 is 26.6 Å². The van der Waals surface area contributed by atoms with Crippen LogP contribution in [0.15, 0.2) is 41.3 Å². The van der Waals surface area contributed by atoms with Crippen molar-refractivity contribution in [3.05, 3.63) is 42.0 Å². The van der Waals surface area contributed by atoms with Crippen LogP contribution in [0.1, 0.15) is 18.4 Å². The zero-order valence-electron chi connectivity index (χ0n) is 11.2. The molecule has 0 aliphatic rings. The number of benzene rings is 2. The summed E-state index contributed by atoms with van der Waals surface area (Å²) < 4.78 is 24.3. The van der Waals surface area contributed by atoms with Gasteiger partial charge in [0.2, 0.25) is 0 Å². The van der Waals surface area contributed by atoms with Crippen LogP contribution in [0.3, 0.4) is 0 Å².